The molecule has 2 atom stereocenters. The third-order valence-corrected chi connectivity index (χ3v) is 3.77. The summed E-state index contributed by atoms with van der Waals surface area (Å²) in [5, 5.41) is 8.96. The Balaban J connectivity index is 2.14. The molecule has 18 heavy (non-hydrogen) atoms. The van der Waals surface area contributed by atoms with E-state index in [1.165, 1.54) is 25.3 Å². The second kappa shape index (κ2) is 5.38. The molecule has 98 valence electrons. The van der Waals surface area contributed by atoms with Crippen molar-refractivity contribution in [1.82, 2.24) is 4.98 Å². The normalized spacial score (nSPS) is 23.7. The van der Waals surface area contributed by atoms with E-state index in [9.17, 15) is 4.79 Å². The van der Waals surface area contributed by atoms with Crippen LogP contribution in [0.25, 0.3) is 0 Å². The van der Waals surface area contributed by atoms with Crippen molar-refractivity contribution in [3.63, 3.8) is 0 Å². The van der Waals surface area contributed by atoms with Crippen LogP contribution in [0.15, 0.2) is 18.2 Å². The number of nitrogens with zero attached hydrogens (tertiary/aromatic N) is 2. The lowest BCUT2D eigenvalue weighted by atomic mass is 9.86. The Labute approximate surface area is 108 Å². The lowest BCUT2D eigenvalue weighted by Gasteiger charge is -2.34. The molecule has 1 N–H and O–H groups in total. The zero-order valence-electron chi connectivity index (χ0n) is 11.0. The number of hydrogen-bond donors (Lipinski definition) is 1. The topological polar surface area (TPSA) is 53.4 Å². The molecule has 1 aliphatic rings. The van der Waals surface area contributed by atoms with Gasteiger partial charge in [-0.3, -0.25) is 0 Å². The third kappa shape index (κ3) is 2.81. The molecule has 1 aliphatic carbocycles. The lowest BCUT2D eigenvalue weighted by molar-refractivity contribution is 0.0690. The Kier molecular flexibility index (Phi) is 3.84. The van der Waals surface area contributed by atoms with Gasteiger partial charge in [0.25, 0.3) is 0 Å². The summed E-state index contributed by atoms with van der Waals surface area (Å²) >= 11 is 0. The maximum atomic E-state index is 10.9. The molecule has 1 fully saturated rings. The summed E-state index contributed by atoms with van der Waals surface area (Å²) in [6.45, 7) is 2.28. The summed E-state index contributed by atoms with van der Waals surface area (Å²) in [6.07, 6.45) is 4.87. The number of carbonyl (C=O) groups is 1. The molecule has 2 rings (SSSR count). The van der Waals surface area contributed by atoms with Crippen LogP contribution in [0, 0.1) is 5.92 Å². The van der Waals surface area contributed by atoms with Crippen LogP contribution >= 0.6 is 0 Å². The molecular weight excluding hydrogens is 228 g/mol. The number of carboxylic acids is 1. The van der Waals surface area contributed by atoms with Crippen LogP contribution in [-0.4, -0.2) is 29.1 Å². The fourth-order valence-corrected chi connectivity index (χ4v) is 2.68. The van der Waals surface area contributed by atoms with E-state index in [1.807, 2.05) is 13.1 Å². The summed E-state index contributed by atoms with van der Waals surface area (Å²) in [4.78, 5) is 17.2. The van der Waals surface area contributed by atoms with Crippen molar-refractivity contribution < 1.29 is 9.90 Å². The maximum absolute atomic E-state index is 10.9. The van der Waals surface area contributed by atoms with Crippen molar-refractivity contribution >= 4 is 11.8 Å². The first-order valence-corrected chi connectivity index (χ1v) is 6.51. The summed E-state index contributed by atoms with van der Waals surface area (Å²) in [5.74, 6) is 0.533. The van der Waals surface area contributed by atoms with Gasteiger partial charge in [0.1, 0.15) is 5.82 Å². The van der Waals surface area contributed by atoms with Gasteiger partial charge in [0, 0.05) is 13.1 Å². The maximum Gasteiger partial charge on any atom is 0.354 e. The van der Waals surface area contributed by atoms with E-state index in [4.69, 9.17) is 5.11 Å². The number of anilines is 1. The van der Waals surface area contributed by atoms with Crippen molar-refractivity contribution in [3.05, 3.63) is 23.9 Å². The molecule has 1 heterocycles. The van der Waals surface area contributed by atoms with Crippen molar-refractivity contribution in [2.45, 2.75) is 38.6 Å². The minimum absolute atomic E-state index is 0.114. The Morgan fingerprint density at radius 3 is 2.89 bits per heavy atom. The second-order valence-corrected chi connectivity index (χ2v) is 5.22. The zero-order valence-corrected chi connectivity index (χ0v) is 11.0. The molecule has 4 heteroatoms. The molecule has 0 radical (unpaired) electrons. The van der Waals surface area contributed by atoms with Crippen LogP contribution in [-0.2, 0) is 0 Å². The summed E-state index contributed by atoms with van der Waals surface area (Å²) < 4.78 is 0. The van der Waals surface area contributed by atoms with E-state index in [0.29, 0.717) is 6.04 Å². The predicted molar refractivity (Wildman–Crippen MR) is 71.0 cm³/mol. The standard InChI is InChI=1S/C14H20N2O2/c1-10-5-3-6-11(9-10)16(2)13-8-4-7-12(15-13)14(17)18/h4,7-8,10-11H,3,5-6,9H2,1-2H3,(H,17,18). The van der Waals surface area contributed by atoms with Gasteiger partial charge in [-0.15, -0.1) is 0 Å². The highest BCUT2D eigenvalue weighted by Gasteiger charge is 2.23. The number of aromatic nitrogens is 1. The highest BCUT2D eigenvalue weighted by molar-refractivity contribution is 5.85. The molecule has 1 aromatic heterocycles. The van der Waals surface area contributed by atoms with Crippen LogP contribution < -0.4 is 4.90 Å². The van der Waals surface area contributed by atoms with Gasteiger partial charge in [-0.25, -0.2) is 9.78 Å². The molecule has 0 spiro atoms. The first-order valence-electron chi connectivity index (χ1n) is 6.51. The fraction of sp³-hybridized carbons (Fsp3) is 0.571. The molecule has 0 bridgehead atoms. The number of rotatable bonds is 3. The van der Waals surface area contributed by atoms with E-state index in [0.717, 1.165) is 18.2 Å². The van der Waals surface area contributed by atoms with Crippen molar-refractivity contribution in [2.24, 2.45) is 5.92 Å². The highest BCUT2D eigenvalue weighted by Crippen LogP contribution is 2.28. The van der Waals surface area contributed by atoms with Crippen LogP contribution in [0.2, 0.25) is 0 Å². The van der Waals surface area contributed by atoms with Gasteiger partial charge in [-0.05, 0) is 30.9 Å². The van der Waals surface area contributed by atoms with Gasteiger partial charge in [-0.2, -0.15) is 0 Å². The SMILES string of the molecule is CC1CCCC(N(C)c2cccc(C(=O)O)n2)C1. The average molecular weight is 248 g/mol. The van der Waals surface area contributed by atoms with Crippen molar-refractivity contribution in [2.75, 3.05) is 11.9 Å². The molecular formula is C14H20N2O2. The van der Waals surface area contributed by atoms with Gasteiger partial charge >= 0.3 is 5.97 Å². The number of carboxylic acid groups (broad SMARTS) is 1. The molecule has 0 aromatic carbocycles. The monoisotopic (exact) mass is 248 g/mol. The second-order valence-electron chi connectivity index (χ2n) is 5.22. The Morgan fingerprint density at radius 2 is 2.22 bits per heavy atom. The summed E-state index contributed by atoms with van der Waals surface area (Å²) in [7, 11) is 2.01. The Bertz CT molecular complexity index is 434. The highest BCUT2D eigenvalue weighted by atomic mass is 16.4. The van der Waals surface area contributed by atoms with Crippen LogP contribution in [0.3, 0.4) is 0 Å². The first-order chi connectivity index (χ1) is 8.58. The minimum atomic E-state index is -0.970. The van der Waals surface area contributed by atoms with Gasteiger partial charge in [0.05, 0.1) is 0 Å². The molecule has 2 unspecified atom stereocenters. The quantitative estimate of drug-likeness (QED) is 0.893. The van der Waals surface area contributed by atoms with Gasteiger partial charge in [0.2, 0.25) is 0 Å². The van der Waals surface area contributed by atoms with Crippen LogP contribution in [0.5, 0.6) is 0 Å². The third-order valence-electron chi connectivity index (χ3n) is 3.77. The molecule has 1 aromatic rings. The van der Waals surface area contributed by atoms with E-state index in [2.05, 4.69) is 16.8 Å². The predicted octanol–water partition coefficient (Wildman–Crippen LogP) is 2.79. The van der Waals surface area contributed by atoms with E-state index in [-0.39, 0.29) is 5.69 Å². The minimum Gasteiger partial charge on any atom is -0.477 e. The number of aromatic carboxylic acids is 1. The van der Waals surface area contributed by atoms with Crippen LogP contribution in [0.4, 0.5) is 5.82 Å². The largest absolute Gasteiger partial charge is 0.477 e. The molecule has 0 amide bonds. The summed E-state index contributed by atoms with van der Waals surface area (Å²) in [6, 6.07) is 5.65. The van der Waals surface area contributed by atoms with Crippen LogP contribution in [0.1, 0.15) is 43.1 Å². The first kappa shape index (κ1) is 12.9. The number of pyridine rings is 1. The molecule has 4 nitrogen and oxygen atoms in total. The van der Waals surface area contributed by atoms with Crippen molar-refractivity contribution in [1.29, 1.82) is 0 Å². The smallest absolute Gasteiger partial charge is 0.354 e. The Hall–Kier alpha value is -1.58. The average Bonchev–Trinajstić information content (AvgIpc) is 2.38. The van der Waals surface area contributed by atoms with Crippen molar-refractivity contribution in [3.8, 4) is 0 Å². The molecule has 0 aliphatic heterocycles. The molecule has 0 saturated heterocycles. The van der Waals surface area contributed by atoms with E-state index >= 15 is 0 Å². The van der Waals surface area contributed by atoms with Gasteiger partial charge in [0.15, 0.2) is 5.69 Å². The number of hydrogen-bond acceptors (Lipinski definition) is 3. The lowest BCUT2D eigenvalue weighted by Crippen LogP contribution is -2.36. The zero-order chi connectivity index (χ0) is 13.1. The molecule has 1 saturated carbocycles. The Morgan fingerprint density at radius 1 is 1.44 bits per heavy atom. The van der Waals surface area contributed by atoms with E-state index < -0.39 is 5.97 Å². The van der Waals surface area contributed by atoms with Gasteiger partial charge < -0.3 is 10.0 Å². The van der Waals surface area contributed by atoms with Gasteiger partial charge in [-0.1, -0.05) is 25.8 Å². The van der Waals surface area contributed by atoms with E-state index in [1.54, 1.807) is 6.07 Å². The fourth-order valence-electron chi connectivity index (χ4n) is 2.68. The summed E-state index contributed by atoms with van der Waals surface area (Å²) in [5.41, 5.74) is 0.114.